The van der Waals surface area contributed by atoms with Crippen LogP contribution in [0.15, 0.2) is 12.1 Å². The van der Waals surface area contributed by atoms with E-state index in [0.29, 0.717) is 0 Å². The number of hydrogen-bond donors (Lipinski definition) is 2. The van der Waals surface area contributed by atoms with E-state index in [1.165, 1.54) is 0 Å². The molecule has 0 aliphatic carbocycles. The van der Waals surface area contributed by atoms with Crippen molar-refractivity contribution in [2.75, 3.05) is 6.61 Å². The van der Waals surface area contributed by atoms with E-state index in [-0.39, 0.29) is 36.2 Å². The number of rotatable bonds is 5. The normalized spacial score (nSPS) is 14.0. The van der Waals surface area contributed by atoms with Crippen LogP contribution in [0, 0.1) is 28.9 Å². The number of benzene rings is 1. The fourth-order valence-corrected chi connectivity index (χ4v) is 1.46. The molecule has 0 heterocycles. The summed E-state index contributed by atoms with van der Waals surface area (Å²) in [5.74, 6) is -1.47. The van der Waals surface area contributed by atoms with E-state index in [4.69, 9.17) is 10.4 Å². The maximum absolute atomic E-state index is 13.6. The highest BCUT2D eigenvalue weighted by molar-refractivity contribution is 5.34. The molecule has 0 amide bonds. The summed E-state index contributed by atoms with van der Waals surface area (Å²) in [7, 11) is 0. The monoisotopic (exact) mass is 254 g/mol. The molecule has 2 atom stereocenters. The van der Waals surface area contributed by atoms with Crippen molar-refractivity contribution in [3.8, 4) is 6.07 Å². The van der Waals surface area contributed by atoms with Crippen LogP contribution in [-0.2, 0) is 6.54 Å². The van der Waals surface area contributed by atoms with Crippen LogP contribution in [0.1, 0.15) is 25.0 Å². The number of aliphatic hydroxyl groups is 1. The van der Waals surface area contributed by atoms with Gasteiger partial charge in [0.1, 0.15) is 11.6 Å². The van der Waals surface area contributed by atoms with E-state index >= 15 is 0 Å². The van der Waals surface area contributed by atoms with Gasteiger partial charge >= 0.3 is 0 Å². The fraction of sp³-hybridized carbons (Fsp3) is 0.462. The average molecular weight is 254 g/mol. The Morgan fingerprint density at radius 1 is 1.33 bits per heavy atom. The Kier molecular flexibility index (Phi) is 5.20. The van der Waals surface area contributed by atoms with E-state index in [1.54, 1.807) is 6.07 Å². The van der Waals surface area contributed by atoms with Gasteiger partial charge in [0.05, 0.1) is 11.6 Å². The molecule has 1 aromatic carbocycles. The molecule has 0 aliphatic rings. The number of halogens is 2. The summed E-state index contributed by atoms with van der Waals surface area (Å²) in [4.78, 5) is 0. The number of aliphatic hydroxyl groups excluding tert-OH is 1. The van der Waals surface area contributed by atoms with Crippen LogP contribution in [0.4, 0.5) is 8.78 Å². The van der Waals surface area contributed by atoms with Crippen molar-refractivity contribution in [1.29, 1.82) is 5.26 Å². The summed E-state index contributed by atoms with van der Waals surface area (Å²) < 4.78 is 27.1. The lowest BCUT2D eigenvalue weighted by Crippen LogP contribution is -2.33. The molecule has 0 radical (unpaired) electrons. The van der Waals surface area contributed by atoms with E-state index in [2.05, 4.69) is 5.32 Å². The molecule has 3 nitrogen and oxygen atoms in total. The number of nitriles is 1. The summed E-state index contributed by atoms with van der Waals surface area (Å²) in [6.07, 6.45) is 0. The van der Waals surface area contributed by atoms with Crippen molar-refractivity contribution in [3.63, 3.8) is 0 Å². The lowest BCUT2D eigenvalue weighted by atomic mass is 10.0. The van der Waals surface area contributed by atoms with Gasteiger partial charge in [-0.3, -0.25) is 0 Å². The van der Waals surface area contributed by atoms with Crippen molar-refractivity contribution in [3.05, 3.63) is 34.9 Å². The van der Waals surface area contributed by atoms with Crippen LogP contribution < -0.4 is 5.32 Å². The molecule has 1 rings (SSSR count). The zero-order valence-corrected chi connectivity index (χ0v) is 10.4. The van der Waals surface area contributed by atoms with Crippen LogP contribution in [0.5, 0.6) is 0 Å². The SMILES string of the molecule is CC(CO)C(C)NCc1c(F)cc(C#N)cc1F. The first kappa shape index (κ1) is 14.6. The summed E-state index contributed by atoms with van der Waals surface area (Å²) in [6.45, 7) is 3.70. The van der Waals surface area contributed by atoms with E-state index in [0.717, 1.165) is 12.1 Å². The molecule has 0 fully saturated rings. The first-order valence-corrected chi connectivity index (χ1v) is 5.71. The zero-order valence-electron chi connectivity index (χ0n) is 10.4. The molecular formula is C13H16F2N2O. The Bertz CT molecular complexity index is 434. The lowest BCUT2D eigenvalue weighted by Gasteiger charge is -2.19. The standard InChI is InChI=1S/C13H16F2N2O/c1-8(7-18)9(2)17-6-11-12(14)3-10(5-16)4-13(11)15/h3-4,8-9,17-18H,6-7H2,1-2H3. The maximum Gasteiger partial charge on any atom is 0.131 e. The van der Waals surface area contributed by atoms with Gasteiger partial charge in [0.25, 0.3) is 0 Å². The van der Waals surface area contributed by atoms with Gasteiger partial charge in [0.15, 0.2) is 0 Å². The van der Waals surface area contributed by atoms with Crippen LogP contribution in [0.25, 0.3) is 0 Å². The Morgan fingerprint density at radius 2 is 1.89 bits per heavy atom. The van der Waals surface area contributed by atoms with E-state index < -0.39 is 11.6 Å². The van der Waals surface area contributed by atoms with Crippen LogP contribution in [0.2, 0.25) is 0 Å². The quantitative estimate of drug-likeness (QED) is 0.844. The molecule has 5 heteroatoms. The third-order valence-electron chi connectivity index (χ3n) is 3.01. The van der Waals surface area contributed by atoms with Crippen LogP contribution in [-0.4, -0.2) is 17.8 Å². The van der Waals surface area contributed by atoms with Crippen LogP contribution >= 0.6 is 0 Å². The summed E-state index contributed by atoms with van der Waals surface area (Å²) in [5.41, 5.74) is -0.128. The molecular weight excluding hydrogens is 238 g/mol. The maximum atomic E-state index is 13.6. The van der Waals surface area contributed by atoms with Gasteiger partial charge in [-0.1, -0.05) is 6.92 Å². The minimum absolute atomic E-state index is 0.00509. The van der Waals surface area contributed by atoms with Gasteiger partial charge < -0.3 is 10.4 Å². The van der Waals surface area contributed by atoms with Gasteiger partial charge in [0, 0.05) is 24.8 Å². The van der Waals surface area contributed by atoms with Crippen molar-refractivity contribution < 1.29 is 13.9 Å². The third-order valence-corrected chi connectivity index (χ3v) is 3.01. The van der Waals surface area contributed by atoms with Gasteiger partial charge in [-0.05, 0) is 25.0 Å². The summed E-state index contributed by atoms with van der Waals surface area (Å²) >= 11 is 0. The first-order valence-electron chi connectivity index (χ1n) is 5.71. The van der Waals surface area contributed by atoms with Gasteiger partial charge in [0.2, 0.25) is 0 Å². The Morgan fingerprint density at radius 3 is 2.33 bits per heavy atom. The molecule has 1 aromatic rings. The Labute approximate surface area is 105 Å². The van der Waals surface area contributed by atoms with Crippen LogP contribution in [0.3, 0.4) is 0 Å². The highest BCUT2D eigenvalue weighted by atomic mass is 19.1. The second-order valence-electron chi connectivity index (χ2n) is 4.36. The molecule has 0 aliphatic heterocycles. The Hall–Kier alpha value is -1.51. The van der Waals surface area contributed by atoms with Gasteiger partial charge in [-0.25, -0.2) is 8.78 Å². The van der Waals surface area contributed by atoms with Gasteiger partial charge in [-0.2, -0.15) is 5.26 Å². The minimum atomic E-state index is -0.733. The molecule has 0 saturated heterocycles. The minimum Gasteiger partial charge on any atom is -0.396 e. The number of nitrogens with zero attached hydrogens (tertiary/aromatic N) is 1. The number of nitrogens with one attached hydrogen (secondary N) is 1. The predicted octanol–water partition coefficient (Wildman–Crippen LogP) is 1.94. The molecule has 2 N–H and O–H groups in total. The summed E-state index contributed by atoms with van der Waals surface area (Å²) in [5, 5.41) is 20.5. The Balaban J connectivity index is 2.77. The largest absolute Gasteiger partial charge is 0.396 e. The first-order chi connectivity index (χ1) is 8.49. The lowest BCUT2D eigenvalue weighted by molar-refractivity contribution is 0.206. The second kappa shape index (κ2) is 6.43. The predicted molar refractivity (Wildman–Crippen MR) is 63.6 cm³/mol. The highest BCUT2D eigenvalue weighted by Gasteiger charge is 2.14. The molecule has 0 bridgehead atoms. The van der Waals surface area contributed by atoms with Crippen molar-refractivity contribution in [1.82, 2.24) is 5.32 Å². The molecule has 0 spiro atoms. The second-order valence-corrected chi connectivity index (χ2v) is 4.36. The number of hydrogen-bond acceptors (Lipinski definition) is 3. The van der Waals surface area contributed by atoms with Crippen molar-refractivity contribution >= 4 is 0 Å². The molecule has 0 aromatic heterocycles. The topological polar surface area (TPSA) is 56.0 Å². The van der Waals surface area contributed by atoms with E-state index in [9.17, 15) is 8.78 Å². The van der Waals surface area contributed by atoms with Crippen molar-refractivity contribution in [2.45, 2.75) is 26.4 Å². The van der Waals surface area contributed by atoms with Gasteiger partial charge in [-0.15, -0.1) is 0 Å². The molecule has 18 heavy (non-hydrogen) atoms. The molecule has 2 unspecified atom stereocenters. The summed E-state index contributed by atoms with van der Waals surface area (Å²) in [6, 6.07) is 3.66. The smallest absolute Gasteiger partial charge is 0.131 e. The zero-order chi connectivity index (χ0) is 13.7. The average Bonchev–Trinajstić information content (AvgIpc) is 2.36. The van der Waals surface area contributed by atoms with Crippen molar-refractivity contribution in [2.24, 2.45) is 5.92 Å². The molecule has 0 saturated carbocycles. The third kappa shape index (κ3) is 3.49. The van der Waals surface area contributed by atoms with E-state index in [1.807, 2.05) is 13.8 Å². The molecule has 98 valence electrons. The highest BCUT2D eigenvalue weighted by Crippen LogP contribution is 2.15. The fourth-order valence-electron chi connectivity index (χ4n) is 1.46.